The summed E-state index contributed by atoms with van der Waals surface area (Å²) in [6, 6.07) is 6.34. The highest BCUT2D eigenvalue weighted by atomic mass is 19.1. The fourth-order valence-corrected chi connectivity index (χ4v) is 2.64. The lowest BCUT2D eigenvalue weighted by atomic mass is 9.87. The van der Waals surface area contributed by atoms with Crippen molar-refractivity contribution in [3.05, 3.63) is 47.5 Å². The maximum atomic E-state index is 12.9. The molecule has 0 fully saturated rings. The standard InChI is InChI=1S/C14H15FN2O/c15-11-4-6-12(7-5-11)17-14-3-1-2-10(9-18)13(14)8-16-17/h4-8,10,18H,1-3,9H2. The van der Waals surface area contributed by atoms with E-state index in [0.29, 0.717) is 0 Å². The highest BCUT2D eigenvalue weighted by Gasteiger charge is 2.23. The first-order chi connectivity index (χ1) is 8.79. The summed E-state index contributed by atoms with van der Waals surface area (Å²) in [5, 5.41) is 13.7. The number of aliphatic hydroxyl groups is 1. The van der Waals surface area contributed by atoms with Gasteiger partial charge in [0.05, 0.1) is 18.5 Å². The Morgan fingerprint density at radius 2 is 2.11 bits per heavy atom. The summed E-state index contributed by atoms with van der Waals surface area (Å²) in [4.78, 5) is 0. The van der Waals surface area contributed by atoms with Gasteiger partial charge in [0, 0.05) is 11.6 Å². The molecule has 3 rings (SSSR count). The van der Waals surface area contributed by atoms with Gasteiger partial charge in [0.1, 0.15) is 5.82 Å². The van der Waals surface area contributed by atoms with E-state index in [0.717, 1.165) is 36.2 Å². The molecule has 0 radical (unpaired) electrons. The molecule has 4 heteroatoms. The Morgan fingerprint density at radius 3 is 2.83 bits per heavy atom. The fraction of sp³-hybridized carbons (Fsp3) is 0.357. The van der Waals surface area contributed by atoms with Crippen LogP contribution in [0.3, 0.4) is 0 Å². The summed E-state index contributed by atoms with van der Waals surface area (Å²) >= 11 is 0. The van der Waals surface area contributed by atoms with Crippen LogP contribution in [0, 0.1) is 5.82 Å². The molecule has 0 saturated heterocycles. The van der Waals surface area contributed by atoms with E-state index in [1.165, 1.54) is 12.1 Å². The van der Waals surface area contributed by atoms with E-state index >= 15 is 0 Å². The minimum absolute atomic E-state index is 0.169. The second-order valence-corrected chi connectivity index (χ2v) is 4.71. The molecule has 0 bridgehead atoms. The first-order valence-corrected chi connectivity index (χ1v) is 6.23. The van der Waals surface area contributed by atoms with Crippen LogP contribution in [-0.2, 0) is 6.42 Å². The molecule has 1 N–H and O–H groups in total. The van der Waals surface area contributed by atoms with Gasteiger partial charge in [0.2, 0.25) is 0 Å². The quantitative estimate of drug-likeness (QED) is 0.883. The fourth-order valence-electron chi connectivity index (χ4n) is 2.64. The lowest BCUT2D eigenvalue weighted by Crippen LogP contribution is -2.14. The molecule has 1 aliphatic rings. The molecule has 1 aromatic heterocycles. The Hall–Kier alpha value is -1.68. The smallest absolute Gasteiger partial charge is 0.123 e. The number of benzene rings is 1. The Morgan fingerprint density at radius 1 is 1.33 bits per heavy atom. The van der Waals surface area contributed by atoms with Gasteiger partial charge in [-0.25, -0.2) is 9.07 Å². The third-order valence-corrected chi connectivity index (χ3v) is 3.60. The summed E-state index contributed by atoms with van der Waals surface area (Å²) in [7, 11) is 0. The molecule has 1 unspecified atom stereocenters. The molecule has 1 heterocycles. The van der Waals surface area contributed by atoms with Crippen LogP contribution in [0.25, 0.3) is 5.69 Å². The van der Waals surface area contributed by atoms with Crippen molar-refractivity contribution in [1.29, 1.82) is 0 Å². The van der Waals surface area contributed by atoms with Gasteiger partial charge in [0.15, 0.2) is 0 Å². The number of aliphatic hydroxyl groups excluding tert-OH is 1. The zero-order chi connectivity index (χ0) is 12.5. The van der Waals surface area contributed by atoms with Crippen LogP contribution in [0.5, 0.6) is 0 Å². The van der Waals surface area contributed by atoms with E-state index in [4.69, 9.17) is 0 Å². The minimum Gasteiger partial charge on any atom is -0.396 e. The molecule has 18 heavy (non-hydrogen) atoms. The average molecular weight is 246 g/mol. The highest BCUT2D eigenvalue weighted by Crippen LogP contribution is 2.32. The van der Waals surface area contributed by atoms with Gasteiger partial charge in [-0.3, -0.25) is 0 Å². The predicted molar refractivity (Wildman–Crippen MR) is 66.3 cm³/mol. The summed E-state index contributed by atoms with van der Waals surface area (Å²) in [6.07, 6.45) is 4.87. The van der Waals surface area contributed by atoms with Gasteiger partial charge in [-0.15, -0.1) is 0 Å². The minimum atomic E-state index is -0.243. The van der Waals surface area contributed by atoms with Gasteiger partial charge in [-0.05, 0) is 49.1 Å². The predicted octanol–water partition coefficient (Wildman–Crippen LogP) is 2.42. The Balaban J connectivity index is 2.04. The second kappa shape index (κ2) is 4.53. The molecule has 0 saturated carbocycles. The lowest BCUT2D eigenvalue weighted by Gasteiger charge is -2.21. The zero-order valence-electron chi connectivity index (χ0n) is 10.0. The molecule has 94 valence electrons. The Kier molecular flexibility index (Phi) is 2.88. The van der Waals surface area contributed by atoms with Gasteiger partial charge < -0.3 is 5.11 Å². The average Bonchev–Trinajstić information content (AvgIpc) is 2.83. The van der Waals surface area contributed by atoms with Crippen molar-refractivity contribution in [2.45, 2.75) is 25.2 Å². The van der Waals surface area contributed by atoms with Crippen molar-refractivity contribution >= 4 is 0 Å². The van der Waals surface area contributed by atoms with Crippen molar-refractivity contribution in [3.63, 3.8) is 0 Å². The largest absolute Gasteiger partial charge is 0.396 e. The number of rotatable bonds is 2. The first-order valence-electron chi connectivity index (χ1n) is 6.23. The van der Waals surface area contributed by atoms with Gasteiger partial charge in [-0.1, -0.05) is 0 Å². The van der Waals surface area contributed by atoms with E-state index in [-0.39, 0.29) is 18.3 Å². The summed E-state index contributed by atoms with van der Waals surface area (Å²) in [6.45, 7) is 0.169. The molecular formula is C14H15FN2O. The normalized spacial score (nSPS) is 18.7. The van der Waals surface area contributed by atoms with Crippen molar-refractivity contribution in [2.75, 3.05) is 6.61 Å². The monoisotopic (exact) mass is 246 g/mol. The first kappa shape index (κ1) is 11.4. The zero-order valence-corrected chi connectivity index (χ0v) is 10.0. The molecule has 2 aromatic rings. The van der Waals surface area contributed by atoms with Crippen LogP contribution in [0.4, 0.5) is 4.39 Å². The van der Waals surface area contributed by atoms with Crippen LogP contribution in [0.1, 0.15) is 30.0 Å². The molecule has 0 spiro atoms. The SMILES string of the molecule is OCC1CCCc2c1cnn2-c1ccc(F)cc1. The number of fused-ring (bicyclic) bond motifs is 1. The third-order valence-electron chi connectivity index (χ3n) is 3.60. The van der Waals surface area contributed by atoms with Gasteiger partial charge >= 0.3 is 0 Å². The molecule has 1 atom stereocenters. The Bertz CT molecular complexity index is 547. The third kappa shape index (κ3) is 1.82. The van der Waals surface area contributed by atoms with E-state index in [2.05, 4.69) is 5.10 Å². The van der Waals surface area contributed by atoms with Crippen LogP contribution < -0.4 is 0 Å². The van der Waals surface area contributed by atoms with E-state index in [9.17, 15) is 9.50 Å². The van der Waals surface area contributed by atoms with E-state index < -0.39 is 0 Å². The number of aromatic nitrogens is 2. The number of nitrogens with zero attached hydrogens (tertiary/aromatic N) is 2. The molecule has 1 aromatic carbocycles. The van der Waals surface area contributed by atoms with Gasteiger partial charge in [-0.2, -0.15) is 5.10 Å². The van der Waals surface area contributed by atoms with Crippen molar-refractivity contribution in [3.8, 4) is 5.69 Å². The van der Waals surface area contributed by atoms with Gasteiger partial charge in [0.25, 0.3) is 0 Å². The molecule has 0 amide bonds. The van der Waals surface area contributed by atoms with Crippen molar-refractivity contribution < 1.29 is 9.50 Å². The van der Waals surface area contributed by atoms with Crippen LogP contribution in [0.15, 0.2) is 30.5 Å². The number of hydrogen-bond acceptors (Lipinski definition) is 2. The topological polar surface area (TPSA) is 38.1 Å². The Labute approximate surface area is 105 Å². The van der Waals surface area contributed by atoms with E-state index in [1.807, 2.05) is 10.9 Å². The van der Waals surface area contributed by atoms with Crippen molar-refractivity contribution in [2.24, 2.45) is 0 Å². The second-order valence-electron chi connectivity index (χ2n) is 4.71. The lowest BCUT2D eigenvalue weighted by molar-refractivity contribution is 0.252. The van der Waals surface area contributed by atoms with Crippen LogP contribution in [-0.4, -0.2) is 21.5 Å². The maximum absolute atomic E-state index is 12.9. The molecular weight excluding hydrogens is 231 g/mol. The van der Waals surface area contributed by atoms with Crippen LogP contribution >= 0.6 is 0 Å². The summed E-state index contributed by atoms with van der Waals surface area (Å²) in [5.41, 5.74) is 3.15. The highest BCUT2D eigenvalue weighted by molar-refractivity contribution is 5.37. The van der Waals surface area contributed by atoms with Crippen molar-refractivity contribution in [1.82, 2.24) is 9.78 Å². The molecule has 3 nitrogen and oxygen atoms in total. The number of hydrogen-bond donors (Lipinski definition) is 1. The summed E-state index contributed by atoms with van der Waals surface area (Å²) in [5.74, 6) is -0.0454. The molecule has 0 aliphatic heterocycles. The summed E-state index contributed by atoms with van der Waals surface area (Å²) < 4.78 is 14.8. The molecule has 1 aliphatic carbocycles. The van der Waals surface area contributed by atoms with E-state index in [1.54, 1.807) is 12.1 Å². The number of halogens is 1. The maximum Gasteiger partial charge on any atom is 0.123 e. The van der Waals surface area contributed by atoms with Crippen LogP contribution in [0.2, 0.25) is 0 Å².